The number of hydrogen-bond donors (Lipinski definition) is 1. The third kappa shape index (κ3) is 5.14. The van der Waals surface area contributed by atoms with E-state index in [0.29, 0.717) is 6.61 Å². The number of nitrogens with zero attached hydrogens (tertiary/aromatic N) is 1. The quantitative estimate of drug-likeness (QED) is 0.309. The third-order valence-corrected chi connectivity index (χ3v) is 0.437. The molecule has 1 N–H and O–H groups in total. The van der Waals surface area contributed by atoms with Gasteiger partial charge in [-0.15, -0.1) is 0 Å². The molecule has 0 unspecified atom stereocenters. The lowest BCUT2D eigenvalue weighted by atomic mass is 10.8. The van der Waals surface area contributed by atoms with Crippen LogP contribution in [0.3, 0.4) is 0 Å². The highest BCUT2D eigenvalue weighted by Crippen LogP contribution is 1.59. The normalized spacial score (nSPS) is 9.29. The number of ether oxygens (including phenoxy) is 1. The van der Waals surface area contributed by atoms with Gasteiger partial charge in [-0.1, -0.05) is 0 Å². The minimum absolute atomic E-state index is 0.403. The van der Waals surface area contributed by atoms with Crippen LogP contribution in [-0.2, 0) is 4.74 Å². The predicted molar refractivity (Wildman–Crippen MR) is 29.2 cm³/mol. The second-order valence-electron chi connectivity index (χ2n) is 0.892. The van der Waals surface area contributed by atoms with E-state index in [1.807, 2.05) is 0 Å². The second-order valence-corrected chi connectivity index (χ2v) is 0.892. The maximum Gasteiger partial charge on any atom is 0.167 e. The summed E-state index contributed by atoms with van der Waals surface area (Å²) in [6.45, 7) is 0.403. The molecule has 7 heavy (non-hydrogen) atoms. The molecule has 0 aliphatic heterocycles. The van der Waals surface area contributed by atoms with Crippen molar-refractivity contribution in [3.63, 3.8) is 0 Å². The van der Waals surface area contributed by atoms with Crippen molar-refractivity contribution < 1.29 is 4.74 Å². The fraction of sp³-hybridized carbons (Fsp3) is 0.500. The van der Waals surface area contributed by atoms with Gasteiger partial charge < -0.3 is 4.74 Å². The van der Waals surface area contributed by atoms with E-state index < -0.39 is 0 Å². The van der Waals surface area contributed by atoms with Gasteiger partial charge in [0.15, 0.2) is 6.40 Å². The molecule has 0 aromatic heterocycles. The van der Waals surface area contributed by atoms with Gasteiger partial charge in [0.1, 0.15) is 6.61 Å². The molecule has 0 saturated heterocycles. The molecule has 3 nitrogen and oxygen atoms in total. The lowest BCUT2D eigenvalue weighted by Gasteiger charge is -1.85. The molecular formula is C4H8N2O. The van der Waals surface area contributed by atoms with E-state index in [2.05, 4.69) is 9.73 Å². The van der Waals surface area contributed by atoms with E-state index in [9.17, 15) is 0 Å². The second kappa shape index (κ2) is 5.14. The fourth-order valence-electron chi connectivity index (χ4n) is 0.166. The summed E-state index contributed by atoms with van der Waals surface area (Å²) < 4.78 is 4.47. The third-order valence-electron chi connectivity index (χ3n) is 0.437. The smallest absolute Gasteiger partial charge is 0.167 e. The van der Waals surface area contributed by atoms with E-state index >= 15 is 0 Å². The van der Waals surface area contributed by atoms with E-state index in [4.69, 9.17) is 5.41 Å². The van der Waals surface area contributed by atoms with Gasteiger partial charge in [0, 0.05) is 13.3 Å². The van der Waals surface area contributed by atoms with Crippen LogP contribution in [0.5, 0.6) is 0 Å². The van der Waals surface area contributed by atoms with Crippen LogP contribution in [0.25, 0.3) is 0 Å². The van der Waals surface area contributed by atoms with E-state index in [1.54, 1.807) is 13.3 Å². The Balaban J connectivity index is 2.82. The monoisotopic (exact) mass is 100 g/mol. The van der Waals surface area contributed by atoms with Crippen molar-refractivity contribution in [2.24, 2.45) is 4.99 Å². The fourth-order valence-corrected chi connectivity index (χ4v) is 0.166. The molecule has 0 aliphatic rings. The molecule has 0 aromatic carbocycles. The summed E-state index contributed by atoms with van der Waals surface area (Å²) >= 11 is 0. The van der Waals surface area contributed by atoms with E-state index in [-0.39, 0.29) is 0 Å². The van der Waals surface area contributed by atoms with Crippen molar-refractivity contribution >= 4 is 12.6 Å². The predicted octanol–water partition coefficient (Wildman–Crippen LogP) is 0.311. The highest BCUT2D eigenvalue weighted by Gasteiger charge is 1.67. The van der Waals surface area contributed by atoms with Crippen molar-refractivity contribution in [3.8, 4) is 0 Å². The maximum atomic E-state index is 6.37. The molecule has 0 heterocycles. The van der Waals surface area contributed by atoms with Crippen molar-refractivity contribution in [2.75, 3.05) is 13.7 Å². The van der Waals surface area contributed by atoms with Crippen LogP contribution in [0.15, 0.2) is 4.99 Å². The summed E-state index contributed by atoms with van der Waals surface area (Å²) in [5.74, 6) is 0. The van der Waals surface area contributed by atoms with Crippen molar-refractivity contribution in [1.82, 2.24) is 0 Å². The molecule has 0 spiro atoms. The zero-order valence-corrected chi connectivity index (χ0v) is 4.22. The zero-order valence-electron chi connectivity index (χ0n) is 4.22. The van der Waals surface area contributed by atoms with Crippen LogP contribution in [0.4, 0.5) is 0 Å². The highest BCUT2D eigenvalue weighted by molar-refractivity contribution is 5.60. The molecule has 0 rings (SSSR count). The first-order valence-electron chi connectivity index (χ1n) is 1.93. The SMILES string of the molecule is C/N=C\COC=N. The Kier molecular flexibility index (Phi) is 4.51. The standard InChI is InChI=1S/C4H8N2O/c1-6-2-3-7-4-5/h2,4-5H,3H2,1H3/b5-4?,6-2-. The van der Waals surface area contributed by atoms with Crippen molar-refractivity contribution in [1.29, 1.82) is 5.41 Å². The Hall–Kier alpha value is -0.860. The van der Waals surface area contributed by atoms with Gasteiger partial charge in [-0.05, 0) is 0 Å². The van der Waals surface area contributed by atoms with Gasteiger partial charge in [-0.2, -0.15) is 0 Å². The molecule has 0 saturated carbocycles. The largest absolute Gasteiger partial charge is 0.478 e. The van der Waals surface area contributed by atoms with Crippen LogP contribution in [0.2, 0.25) is 0 Å². The molecular weight excluding hydrogens is 92.1 g/mol. The Labute approximate surface area is 42.5 Å². The molecule has 0 fully saturated rings. The number of aliphatic imine (C=N–C) groups is 1. The Bertz CT molecular complexity index is 70.1. The highest BCUT2D eigenvalue weighted by atomic mass is 16.5. The van der Waals surface area contributed by atoms with Gasteiger partial charge in [0.2, 0.25) is 0 Å². The molecule has 0 aromatic rings. The van der Waals surface area contributed by atoms with E-state index in [1.165, 1.54) is 0 Å². The first kappa shape index (κ1) is 6.14. The lowest BCUT2D eigenvalue weighted by molar-refractivity contribution is 0.383. The summed E-state index contributed by atoms with van der Waals surface area (Å²) in [4.78, 5) is 3.62. The molecule has 0 atom stereocenters. The Morgan fingerprint density at radius 1 is 1.86 bits per heavy atom. The van der Waals surface area contributed by atoms with Gasteiger partial charge in [0.25, 0.3) is 0 Å². The van der Waals surface area contributed by atoms with Crippen molar-refractivity contribution in [2.45, 2.75) is 0 Å². The summed E-state index contributed by atoms with van der Waals surface area (Å²) in [5, 5.41) is 6.37. The van der Waals surface area contributed by atoms with Gasteiger partial charge >= 0.3 is 0 Å². The van der Waals surface area contributed by atoms with Crippen LogP contribution < -0.4 is 0 Å². The van der Waals surface area contributed by atoms with Crippen LogP contribution in [0.1, 0.15) is 0 Å². The molecule has 40 valence electrons. The number of nitrogens with one attached hydrogen (secondary N) is 1. The first-order valence-corrected chi connectivity index (χ1v) is 1.93. The maximum absolute atomic E-state index is 6.37. The summed E-state index contributed by atoms with van der Waals surface area (Å²) in [6.07, 6.45) is 2.48. The summed E-state index contributed by atoms with van der Waals surface area (Å²) in [7, 11) is 1.66. The minimum Gasteiger partial charge on any atom is -0.478 e. The zero-order chi connectivity index (χ0) is 5.54. The van der Waals surface area contributed by atoms with Gasteiger partial charge in [-0.3, -0.25) is 10.4 Å². The summed E-state index contributed by atoms with van der Waals surface area (Å²) in [6, 6.07) is 0. The van der Waals surface area contributed by atoms with E-state index in [0.717, 1.165) is 6.40 Å². The topological polar surface area (TPSA) is 45.4 Å². The van der Waals surface area contributed by atoms with Crippen molar-refractivity contribution in [3.05, 3.63) is 0 Å². The first-order chi connectivity index (χ1) is 3.41. The summed E-state index contributed by atoms with van der Waals surface area (Å²) in [5.41, 5.74) is 0. The van der Waals surface area contributed by atoms with Crippen LogP contribution in [-0.4, -0.2) is 26.3 Å². The van der Waals surface area contributed by atoms with Crippen LogP contribution >= 0.6 is 0 Å². The Morgan fingerprint density at radius 3 is 3.00 bits per heavy atom. The molecule has 0 amide bonds. The average molecular weight is 100 g/mol. The molecule has 0 bridgehead atoms. The Morgan fingerprint density at radius 2 is 2.57 bits per heavy atom. The lowest BCUT2D eigenvalue weighted by Crippen LogP contribution is -1.90. The molecule has 0 radical (unpaired) electrons. The molecule has 3 heteroatoms. The van der Waals surface area contributed by atoms with Gasteiger partial charge in [-0.25, -0.2) is 0 Å². The van der Waals surface area contributed by atoms with Crippen LogP contribution in [0, 0.1) is 5.41 Å². The average Bonchev–Trinajstić information content (AvgIpc) is 1.69. The molecule has 0 aliphatic carbocycles. The number of hydrogen-bond acceptors (Lipinski definition) is 3. The number of rotatable bonds is 3. The van der Waals surface area contributed by atoms with Gasteiger partial charge in [0.05, 0.1) is 0 Å². The minimum atomic E-state index is 0.403.